The third kappa shape index (κ3) is 5.13. The van der Waals surface area contributed by atoms with Gasteiger partial charge in [-0.1, -0.05) is 58.0 Å². The predicted molar refractivity (Wildman–Crippen MR) is 92.2 cm³/mol. The normalized spacial score (nSPS) is 13.3. The SMILES string of the molecule is CCC(CC)(CNCC(CC(C)C)c1ccccc1)C(=O)O. The highest BCUT2D eigenvalue weighted by molar-refractivity contribution is 5.74. The van der Waals surface area contributed by atoms with Gasteiger partial charge in [-0.25, -0.2) is 0 Å². The second-order valence-electron chi connectivity index (χ2n) is 6.66. The van der Waals surface area contributed by atoms with Gasteiger partial charge in [-0.2, -0.15) is 0 Å². The summed E-state index contributed by atoms with van der Waals surface area (Å²) in [7, 11) is 0. The highest BCUT2D eigenvalue weighted by Gasteiger charge is 2.34. The molecule has 0 aliphatic carbocycles. The molecule has 1 aromatic rings. The van der Waals surface area contributed by atoms with E-state index >= 15 is 0 Å². The first kappa shape index (κ1) is 18.7. The molecule has 0 spiro atoms. The van der Waals surface area contributed by atoms with E-state index in [0.29, 0.717) is 31.2 Å². The summed E-state index contributed by atoms with van der Waals surface area (Å²) in [6.07, 6.45) is 2.42. The summed E-state index contributed by atoms with van der Waals surface area (Å²) < 4.78 is 0. The molecule has 1 unspecified atom stereocenters. The zero-order valence-corrected chi connectivity index (χ0v) is 14.4. The molecule has 124 valence electrons. The Balaban J connectivity index is 2.70. The Bertz CT molecular complexity index is 438. The molecule has 0 fully saturated rings. The van der Waals surface area contributed by atoms with E-state index in [9.17, 15) is 9.90 Å². The second kappa shape index (κ2) is 8.94. The number of carbonyl (C=O) groups is 1. The Morgan fingerprint density at radius 1 is 1.18 bits per heavy atom. The number of carboxylic acid groups (broad SMARTS) is 1. The van der Waals surface area contributed by atoms with Gasteiger partial charge in [-0.05, 0) is 36.7 Å². The molecule has 0 amide bonds. The van der Waals surface area contributed by atoms with Crippen LogP contribution in [0, 0.1) is 11.3 Å². The van der Waals surface area contributed by atoms with Crippen LogP contribution in [0.5, 0.6) is 0 Å². The summed E-state index contributed by atoms with van der Waals surface area (Å²) in [6.45, 7) is 9.75. The molecule has 0 radical (unpaired) electrons. The summed E-state index contributed by atoms with van der Waals surface area (Å²) in [5.74, 6) is 0.361. The van der Waals surface area contributed by atoms with E-state index < -0.39 is 11.4 Å². The van der Waals surface area contributed by atoms with Crippen molar-refractivity contribution in [3.8, 4) is 0 Å². The number of rotatable bonds is 10. The minimum Gasteiger partial charge on any atom is -0.481 e. The van der Waals surface area contributed by atoms with Gasteiger partial charge in [0.25, 0.3) is 0 Å². The first-order valence-corrected chi connectivity index (χ1v) is 8.44. The lowest BCUT2D eigenvalue weighted by Gasteiger charge is -2.28. The maximum absolute atomic E-state index is 11.6. The number of hydrogen-bond acceptors (Lipinski definition) is 2. The molecule has 1 atom stereocenters. The van der Waals surface area contributed by atoms with Gasteiger partial charge >= 0.3 is 5.97 Å². The maximum atomic E-state index is 11.6. The molecule has 3 nitrogen and oxygen atoms in total. The van der Waals surface area contributed by atoms with Crippen molar-refractivity contribution in [2.75, 3.05) is 13.1 Å². The van der Waals surface area contributed by atoms with Crippen LogP contribution in [0.4, 0.5) is 0 Å². The van der Waals surface area contributed by atoms with Gasteiger partial charge in [0, 0.05) is 13.1 Å². The molecule has 0 saturated carbocycles. The molecule has 3 heteroatoms. The second-order valence-corrected chi connectivity index (χ2v) is 6.66. The van der Waals surface area contributed by atoms with Gasteiger partial charge in [-0.15, -0.1) is 0 Å². The molecular formula is C19H31NO2. The molecule has 0 heterocycles. The Hall–Kier alpha value is -1.35. The first-order valence-electron chi connectivity index (χ1n) is 8.44. The lowest BCUT2D eigenvalue weighted by atomic mass is 9.82. The average molecular weight is 305 g/mol. The van der Waals surface area contributed by atoms with Crippen molar-refractivity contribution in [3.63, 3.8) is 0 Å². The van der Waals surface area contributed by atoms with Gasteiger partial charge in [-0.3, -0.25) is 4.79 Å². The summed E-state index contributed by atoms with van der Waals surface area (Å²) in [5, 5.41) is 12.9. The lowest BCUT2D eigenvalue weighted by molar-refractivity contribution is -0.149. The largest absolute Gasteiger partial charge is 0.481 e. The lowest BCUT2D eigenvalue weighted by Crippen LogP contribution is -2.41. The summed E-state index contributed by atoms with van der Waals surface area (Å²) >= 11 is 0. The Morgan fingerprint density at radius 2 is 1.77 bits per heavy atom. The molecule has 0 saturated heterocycles. The van der Waals surface area contributed by atoms with E-state index in [0.717, 1.165) is 13.0 Å². The van der Waals surface area contributed by atoms with Crippen LogP contribution < -0.4 is 5.32 Å². The van der Waals surface area contributed by atoms with Crippen LogP contribution >= 0.6 is 0 Å². The van der Waals surface area contributed by atoms with E-state index in [4.69, 9.17) is 0 Å². The van der Waals surface area contributed by atoms with Crippen LogP contribution in [0.15, 0.2) is 30.3 Å². The molecule has 0 aliphatic heterocycles. The fraction of sp³-hybridized carbons (Fsp3) is 0.632. The molecular weight excluding hydrogens is 274 g/mol. The quantitative estimate of drug-likeness (QED) is 0.677. The third-order valence-corrected chi connectivity index (χ3v) is 4.69. The number of benzene rings is 1. The van der Waals surface area contributed by atoms with Gasteiger partial charge in [0.2, 0.25) is 0 Å². The smallest absolute Gasteiger partial charge is 0.310 e. The molecule has 1 rings (SSSR count). The summed E-state index contributed by atoms with van der Waals surface area (Å²) in [4.78, 5) is 11.6. The Labute approximate surface area is 135 Å². The van der Waals surface area contributed by atoms with Crippen LogP contribution in [-0.4, -0.2) is 24.2 Å². The molecule has 0 aliphatic rings. The number of carboxylic acids is 1. The average Bonchev–Trinajstić information content (AvgIpc) is 2.51. The molecule has 0 aromatic heterocycles. The summed E-state index contributed by atoms with van der Waals surface area (Å²) in [5.41, 5.74) is 0.691. The van der Waals surface area contributed by atoms with E-state index in [1.807, 2.05) is 19.9 Å². The van der Waals surface area contributed by atoms with E-state index in [1.54, 1.807) is 0 Å². The molecule has 22 heavy (non-hydrogen) atoms. The van der Waals surface area contributed by atoms with Crippen molar-refractivity contribution in [1.82, 2.24) is 5.32 Å². The van der Waals surface area contributed by atoms with Crippen LogP contribution in [0.2, 0.25) is 0 Å². The Morgan fingerprint density at radius 3 is 2.23 bits per heavy atom. The minimum absolute atomic E-state index is 0.432. The number of aliphatic carboxylic acids is 1. The maximum Gasteiger partial charge on any atom is 0.310 e. The predicted octanol–water partition coefficient (Wildman–Crippen LogP) is 4.30. The van der Waals surface area contributed by atoms with E-state index in [1.165, 1.54) is 5.56 Å². The van der Waals surface area contributed by atoms with Crippen LogP contribution in [0.3, 0.4) is 0 Å². The number of hydrogen-bond donors (Lipinski definition) is 2. The van der Waals surface area contributed by atoms with Gasteiger partial charge in [0.1, 0.15) is 0 Å². The monoisotopic (exact) mass is 305 g/mol. The Kier molecular flexibility index (Phi) is 7.60. The van der Waals surface area contributed by atoms with E-state index in [2.05, 4.69) is 43.4 Å². The van der Waals surface area contributed by atoms with Crippen molar-refractivity contribution in [3.05, 3.63) is 35.9 Å². The standard InChI is InChI=1S/C19H31NO2/c1-5-19(6-2,18(21)22)14-20-13-17(12-15(3)4)16-10-8-7-9-11-16/h7-11,15,17,20H,5-6,12-14H2,1-4H3,(H,21,22). The van der Waals surface area contributed by atoms with Gasteiger partial charge in [0.05, 0.1) is 5.41 Å². The highest BCUT2D eigenvalue weighted by atomic mass is 16.4. The first-order chi connectivity index (χ1) is 10.4. The summed E-state index contributed by atoms with van der Waals surface area (Å²) in [6, 6.07) is 10.5. The van der Waals surface area contributed by atoms with Crippen molar-refractivity contribution < 1.29 is 9.90 Å². The van der Waals surface area contributed by atoms with Crippen LogP contribution in [-0.2, 0) is 4.79 Å². The fourth-order valence-corrected chi connectivity index (χ4v) is 3.00. The van der Waals surface area contributed by atoms with Gasteiger partial charge < -0.3 is 10.4 Å². The molecule has 2 N–H and O–H groups in total. The van der Waals surface area contributed by atoms with Crippen molar-refractivity contribution in [2.45, 2.75) is 52.9 Å². The van der Waals surface area contributed by atoms with Gasteiger partial charge in [0.15, 0.2) is 0 Å². The fourth-order valence-electron chi connectivity index (χ4n) is 3.00. The topological polar surface area (TPSA) is 49.3 Å². The minimum atomic E-state index is -0.690. The molecule has 0 bridgehead atoms. The zero-order valence-electron chi connectivity index (χ0n) is 14.4. The number of nitrogens with one attached hydrogen (secondary N) is 1. The van der Waals surface area contributed by atoms with E-state index in [-0.39, 0.29) is 0 Å². The van der Waals surface area contributed by atoms with Crippen molar-refractivity contribution in [2.24, 2.45) is 11.3 Å². The molecule has 1 aromatic carbocycles. The van der Waals surface area contributed by atoms with Crippen molar-refractivity contribution in [1.29, 1.82) is 0 Å². The zero-order chi connectivity index (χ0) is 16.6. The third-order valence-electron chi connectivity index (χ3n) is 4.69. The van der Waals surface area contributed by atoms with Crippen LogP contribution in [0.25, 0.3) is 0 Å². The highest BCUT2D eigenvalue weighted by Crippen LogP contribution is 2.27. The van der Waals surface area contributed by atoms with Crippen molar-refractivity contribution >= 4 is 5.97 Å². The van der Waals surface area contributed by atoms with Crippen LogP contribution in [0.1, 0.15) is 58.4 Å².